The van der Waals surface area contributed by atoms with Crippen LogP contribution in [0.3, 0.4) is 0 Å². The lowest BCUT2D eigenvalue weighted by Gasteiger charge is -2.31. The van der Waals surface area contributed by atoms with Crippen molar-refractivity contribution in [2.24, 2.45) is 15.9 Å². The molecule has 4 nitrogen and oxygen atoms in total. The minimum atomic E-state index is -0.367. The fourth-order valence-corrected chi connectivity index (χ4v) is 8.35. The van der Waals surface area contributed by atoms with Crippen molar-refractivity contribution in [3.63, 3.8) is 0 Å². The molecule has 3 atom stereocenters. The Balaban J connectivity index is 0.984. The van der Waals surface area contributed by atoms with E-state index < -0.39 is 0 Å². The molecule has 1 N–H and O–H groups in total. The molecular formula is C52H40N4. The van der Waals surface area contributed by atoms with Gasteiger partial charge >= 0.3 is 0 Å². The molecule has 4 aliphatic rings. The number of amidine groups is 2. The minimum absolute atomic E-state index is 0.126. The van der Waals surface area contributed by atoms with Gasteiger partial charge in [0.2, 0.25) is 0 Å². The Hall–Kier alpha value is -6.91. The summed E-state index contributed by atoms with van der Waals surface area (Å²) >= 11 is 0. The Bertz CT molecular complexity index is 2650. The largest absolute Gasteiger partial charge is 0.328 e. The van der Waals surface area contributed by atoms with Crippen LogP contribution in [0.5, 0.6) is 0 Å². The van der Waals surface area contributed by atoms with Gasteiger partial charge in [0.1, 0.15) is 11.7 Å². The summed E-state index contributed by atoms with van der Waals surface area (Å²) in [6.45, 7) is 0. The van der Waals surface area contributed by atoms with Crippen molar-refractivity contribution >= 4 is 28.9 Å². The maximum absolute atomic E-state index is 5.30. The van der Waals surface area contributed by atoms with Crippen LogP contribution in [0.4, 0.5) is 0 Å². The van der Waals surface area contributed by atoms with E-state index in [2.05, 4.69) is 193 Å². The van der Waals surface area contributed by atoms with E-state index in [0.717, 1.165) is 52.6 Å². The summed E-state index contributed by atoms with van der Waals surface area (Å²) in [6.07, 6.45) is 17.3. The van der Waals surface area contributed by atoms with Gasteiger partial charge in [0, 0.05) is 23.0 Å². The van der Waals surface area contributed by atoms with Gasteiger partial charge in [-0.3, -0.25) is 0 Å². The molecule has 0 spiro atoms. The summed E-state index contributed by atoms with van der Waals surface area (Å²) in [5, 5.41) is 3.63. The van der Waals surface area contributed by atoms with Gasteiger partial charge in [0.05, 0.1) is 11.4 Å². The minimum Gasteiger partial charge on any atom is -0.328 e. The van der Waals surface area contributed by atoms with Gasteiger partial charge in [-0.05, 0) is 81.2 Å². The monoisotopic (exact) mass is 720 g/mol. The van der Waals surface area contributed by atoms with Gasteiger partial charge in [-0.1, -0.05) is 176 Å². The maximum atomic E-state index is 5.30. The number of aromatic nitrogens is 1. The van der Waals surface area contributed by atoms with Crippen molar-refractivity contribution < 1.29 is 0 Å². The number of benzene rings is 5. The van der Waals surface area contributed by atoms with Crippen LogP contribution >= 0.6 is 0 Å². The van der Waals surface area contributed by atoms with E-state index in [1.807, 2.05) is 6.07 Å². The molecule has 0 fully saturated rings. The average molecular weight is 721 g/mol. The molecule has 0 saturated carbocycles. The maximum Gasteiger partial charge on any atom is 0.169 e. The van der Waals surface area contributed by atoms with E-state index in [1.165, 1.54) is 44.5 Å². The highest BCUT2D eigenvalue weighted by Crippen LogP contribution is 2.47. The zero-order valence-electron chi connectivity index (χ0n) is 31.0. The SMILES string of the molecule is C1=CC(C2=NC(c3cccc(C4=CC=C5C=Cc6nc(-c7ccccc7)cc(-c7ccccc7)c6C5C4)c3)N=C(c3ccccc3)N2)CC=C1c1ccccc1. The van der Waals surface area contributed by atoms with Gasteiger partial charge in [0.15, 0.2) is 6.17 Å². The molecule has 5 aromatic carbocycles. The van der Waals surface area contributed by atoms with Crippen LogP contribution in [-0.4, -0.2) is 16.7 Å². The third-order valence-electron chi connectivity index (χ3n) is 11.2. The molecule has 3 aliphatic carbocycles. The van der Waals surface area contributed by atoms with E-state index in [1.54, 1.807) is 0 Å². The summed E-state index contributed by atoms with van der Waals surface area (Å²) in [5.41, 5.74) is 15.3. The molecule has 3 unspecified atom stereocenters. The molecule has 1 aliphatic heterocycles. The lowest BCUT2D eigenvalue weighted by molar-refractivity contribution is 0.721. The molecule has 6 aromatic rings. The highest BCUT2D eigenvalue weighted by Gasteiger charge is 2.30. The first kappa shape index (κ1) is 33.6. The second-order valence-electron chi connectivity index (χ2n) is 14.7. The van der Waals surface area contributed by atoms with Gasteiger partial charge in [-0.2, -0.15) is 0 Å². The first-order valence-electron chi connectivity index (χ1n) is 19.5. The quantitative estimate of drug-likeness (QED) is 0.178. The molecule has 56 heavy (non-hydrogen) atoms. The van der Waals surface area contributed by atoms with E-state index in [4.69, 9.17) is 15.0 Å². The predicted molar refractivity (Wildman–Crippen MR) is 232 cm³/mol. The smallest absolute Gasteiger partial charge is 0.169 e. The average Bonchev–Trinajstić information content (AvgIpc) is 3.29. The lowest BCUT2D eigenvalue weighted by atomic mass is 9.74. The van der Waals surface area contributed by atoms with Crippen LogP contribution in [0, 0.1) is 5.92 Å². The number of nitrogens with one attached hydrogen (secondary N) is 1. The van der Waals surface area contributed by atoms with E-state index in [9.17, 15) is 0 Å². The molecular weight excluding hydrogens is 681 g/mol. The van der Waals surface area contributed by atoms with Crippen molar-refractivity contribution in [1.29, 1.82) is 0 Å². The molecule has 0 saturated heterocycles. The number of aliphatic imine (C=N–C) groups is 2. The first-order chi connectivity index (χ1) is 27.7. The van der Waals surface area contributed by atoms with Crippen molar-refractivity contribution in [2.75, 3.05) is 0 Å². The number of pyridine rings is 1. The van der Waals surface area contributed by atoms with Crippen molar-refractivity contribution in [2.45, 2.75) is 24.9 Å². The highest BCUT2D eigenvalue weighted by molar-refractivity contribution is 6.11. The van der Waals surface area contributed by atoms with Crippen LogP contribution < -0.4 is 5.32 Å². The number of rotatable bonds is 7. The van der Waals surface area contributed by atoms with Crippen molar-refractivity contribution in [3.8, 4) is 22.4 Å². The zero-order chi connectivity index (χ0) is 37.3. The first-order valence-corrected chi connectivity index (χ1v) is 19.5. The normalized spacial score (nSPS) is 19.6. The van der Waals surface area contributed by atoms with Crippen LogP contribution in [0.2, 0.25) is 0 Å². The van der Waals surface area contributed by atoms with Gasteiger partial charge in [-0.15, -0.1) is 0 Å². The van der Waals surface area contributed by atoms with Crippen molar-refractivity contribution in [1.82, 2.24) is 10.3 Å². The highest BCUT2D eigenvalue weighted by atomic mass is 15.2. The number of hydrogen-bond donors (Lipinski definition) is 1. The summed E-state index contributed by atoms with van der Waals surface area (Å²) < 4.78 is 0. The molecule has 268 valence electrons. The van der Waals surface area contributed by atoms with Crippen LogP contribution in [-0.2, 0) is 0 Å². The summed E-state index contributed by atoms with van der Waals surface area (Å²) in [7, 11) is 0. The molecule has 0 bridgehead atoms. The van der Waals surface area contributed by atoms with Crippen LogP contribution in [0.1, 0.15) is 58.4 Å². The topological polar surface area (TPSA) is 49.6 Å². The third-order valence-corrected chi connectivity index (χ3v) is 11.2. The van der Waals surface area contributed by atoms with Gasteiger partial charge < -0.3 is 5.32 Å². The Morgan fingerprint density at radius 1 is 0.571 bits per heavy atom. The molecule has 10 rings (SSSR count). The Morgan fingerprint density at radius 2 is 1.25 bits per heavy atom. The number of nitrogens with zero attached hydrogens (tertiary/aromatic N) is 3. The molecule has 0 amide bonds. The molecule has 2 heterocycles. The number of fused-ring (bicyclic) bond motifs is 3. The van der Waals surface area contributed by atoms with Crippen molar-refractivity contribution in [3.05, 3.63) is 227 Å². The molecule has 0 radical (unpaired) electrons. The second kappa shape index (κ2) is 14.7. The van der Waals surface area contributed by atoms with Gasteiger partial charge in [-0.25, -0.2) is 15.0 Å². The van der Waals surface area contributed by atoms with Crippen LogP contribution in [0.25, 0.3) is 39.6 Å². The number of allylic oxidation sites excluding steroid dienone is 8. The molecule has 4 heteroatoms. The van der Waals surface area contributed by atoms with E-state index in [-0.39, 0.29) is 18.0 Å². The van der Waals surface area contributed by atoms with Crippen LogP contribution in [0.15, 0.2) is 204 Å². The van der Waals surface area contributed by atoms with Gasteiger partial charge in [0.25, 0.3) is 0 Å². The lowest BCUT2D eigenvalue weighted by Crippen LogP contribution is -2.39. The summed E-state index contributed by atoms with van der Waals surface area (Å²) in [4.78, 5) is 15.8. The zero-order valence-corrected chi connectivity index (χ0v) is 31.0. The summed E-state index contributed by atoms with van der Waals surface area (Å²) in [5.74, 6) is 2.10. The van der Waals surface area contributed by atoms with E-state index in [0.29, 0.717) is 0 Å². The third kappa shape index (κ3) is 6.60. The Morgan fingerprint density at radius 3 is 1.96 bits per heavy atom. The fourth-order valence-electron chi connectivity index (χ4n) is 8.35. The molecule has 1 aromatic heterocycles. The predicted octanol–water partition coefficient (Wildman–Crippen LogP) is 12.0. The summed E-state index contributed by atoms with van der Waals surface area (Å²) in [6, 6.07) is 53.4. The standard InChI is InChI=1S/C52H40N4/c1-5-14-35(15-6-1)36-24-27-41(28-25-36)51-54-50(40-20-11-4-12-21-40)55-52(56-51)44-23-13-22-42(32-44)43-29-26-38-30-31-47-49(45(38)33-43)46(37-16-7-2-8-17-37)34-48(53-47)39-18-9-3-10-19-39/h1-27,29-32,34,41,45,52H,28,33H2,(H,54,55,56). The fraction of sp³-hybridized carbons (Fsp3) is 0.0962. The Labute approximate surface area is 328 Å². The van der Waals surface area contributed by atoms with E-state index >= 15 is 0 Å². The Kier molecular flexibility index (Phi) is 8.85. The number of hydrogen-bond acceptors (Lipinski definition) is 4. The second-order valence-corrected chi connectivity index (χ2v) is 14.7.